The molecule has 0 aromatic carbocycles. The number of aromatic nitrogens is 5. The molecule has 170 valence electrons. The topological polar surface area (TPSA) is 91.9 Å². The fourth-order valence-electron chi connectivity index (χ4n) is 3.32. The lowest BCUT2D eigenvalue weighted by Gasteiger charge is -2.21. The highest BCUT2D eigenvalue weighted by Crippen LogP contribution is 2.22. The van der Waals surface area contributed by atoms with E-state index in [1.54, 1.807) is 21.6 Å². The number of pyridine rings is 1. The highest BCUT2D eigenvalue weighted by Gasteiger charge is 2.19. The zero-order valence-electron chi connectivity index (χ0n) is 19.4. The Morgan fingerprint density at radius 3 is 2.38 bits per heavy atom. The van der Waals surface area contributed by atoms with E-state index < -0.39 is 5.60 Å². The van der Waals surface area contributed by atoms with Crippen LogP contribution in [0.4, 0.5) is 0 Å². The predicted molar refractivity (Wildman–Crippen MR) is 124 cm³/mol. The summed E-state index contributed by atoms with van der Waals surface area (Å²) in [5.41, 5.74) is 3.45. The molecule has 8 nitrogen and oxygen atoms in total. The molecule has 0 spiro atoms. The lowest BCUT2D eigenvalue weighted by atomic mass is 10.1. The number of ether oxygens (including phenoxy) is 1. The molecule has 0 unspecified atom stereocenters. The monoisotopic (exact) mass is 455 g/mol. The quantitative estimate of drug-likeness (QED) is 0.307. The number of thioether (sulfide) groups is 1. The molecule has 3 rings (SSSR count). The predicted octanol–water partition coefficient (Wildman–Crippen LogP) is 3.21. The van der Waals surface area contributed by atoms with Crippen LogP contribution >= 0.6 is 11.8 Å². The average Bonchev–Trinajstić information content (AvgIpc) is 3.05. The number of hydrogen-bond donors (Lipinski definition) is 0. The Labute approximate surface area is 192 Å². The second-order valence-electron chi connectivity index (χ2n) is 8.81. The molecule has 0 bridgehead atoms. The third-order valence-electron chi connectivity index (χ3n) is 4.41. The van der Waals surface area contributed by atoms with Gasteiger partial charge in [0, 0.05) is 48.6 Å². The Morgan fingerprint density at radius 1 is 1.09 bits per heavy atom. The summed E-state index contributed by atoms with van der Waals surface area (Å²) in [6, 6.07) is 4.01. The van der Waals surface area contributed by atoms with E-state index in [9.17, 15) is 9.59 Å². The molecule has 32 heavy (non-hydrogen) atoms. The Balaban J connectivity index is 1.89. The van der Waals surface area contributed by atoms with Crippen LogP contribution in [0.1, 0.15) is 48.8 Å². The molecule has 0 amide bonds. The first kappa shape index (κ1) is 23.7. The minimum absolute atomic E-state index is 0.0265. The summed E-state index contributed by atoms with van der Waals surface area (Å²) in [5.74, 6) is 0.222. The Kier molecular flexibility index (Phi) is 7.18. The van der Waals surface area contributed by atoms with Crippen LogP contribution in [-0.4, -0.2) is 35.9 Å². The maximum atomic E-state index is 12.7. The Hall–Kier alpha value is -2.94. The van der Waals surface area contributed by atoms with E-state index in [4.69, 9.17) is 4.74 Å². The van der Waals surface area contributed by atoms with Crippen molar-refractivity contribution in [3.63, 3.8) is 0 Å². The van der Waals surface area contributed by atoms with Gasteiger partial charge in [0.1, 0.15) is 12.1 Å². The maximum absolute atomic E-state index is 12.7. The van der Waals surface area contributed by atoms with Gasteiger partial charge in [-0.3, -0.25) is 19.3 Å². The third kappa shape index (κ3) is 6.78. The highest BCUT2D eigenvalue weighted by molar-refractivity contribution is 7.98. The number of carbonyl (C=O) groups excluding carboxylic acids is 1. The van der Waals surface area contributed by atoms with Gasteiger partial charge < -0.3 is 9.30 Å². The van der Waals surface area contributed by atoms with Crippen molar-refractivity contribution in [2.45, 2.75) is 64.1 Å². The molecule has 0 aliphatic carbocycles. The Bertz CT molecular complexity index is 1160. The van der Waals surface area contributed by atoms with Gasteiger partial charge in [0.25, 0.3) is 5.56 Å². The van der Waals surface area contributed by atoms with Crippen molar-refractivity contribution in [3.05, 3.63) is 69.2 Å². The van der Waals surface area contributed by atoms with Crippen molar-refractivity contribution in [1.82, 2.24) is 24.3 Å². The van der Waals surface area contributed by atoms with Crippen molar-refractivity contribution in [2.75, 3.05) is 0 Å². The molecule has 0 aliphatic heterocycles. The van der Waals surface area contributed by atoms with Gasteiger partial charge in [-0.1, -0.05) is 11.8 Å². The molecule has 0 aliphatic rings. The number of aryl methyl sites for hydroxylation is 3. The van der Waals surface area contributed by atoms with Crippen LogP contribution in [0.2, 0.25) is 0 Å². The van der Waals surface area contributed by atoms with Gasteiger partial charge in [-0.05, 0) is 57.9 Å². The van der Waals surface area contributed by atoms with E-state index in [-0.39, 0.29) is 18.1 Å². The van der Waals surface area contributed by atoms with Crippen molar-refractivity contribution < 1.29 is 9.53 Å². The smallest absolute Gasteiger partial charge is 0.326 e. The number of hydrogen-bond acceptors (Lipinski definition) is 7. The van der Waals surface area contributed by atoms with E-state index in [1.165, 1.54) is 11.8 Å². The molecular formula is C23H29N5O3S. The second-order valence-corrected chi connectivity index (χ2v) is 9.76. The highest BCUT2D eigenvalue weighted by atomic mass is 32.2. The molecule has 0 radical (unpaired) electrons. The van der Waals surface area contributed by atoms with Gasteiger partial charge in [0.05, 0.1) is 6.20 Å². The SMILES string of the molecule is Cc1cc(CSc2nc(=O)c(Cc3cnn(C)c3)cn2CC(=O)OC(C)(C)C)cc(C)n1. The van der Waals surface area contributed by atoms with Gasteiger partial charge in [-0.25, -0.2) is 0 Å². The number of rotatable bonds is 7. The standard InChI is InChI=1S/C23H29N5O3S/c1-15-7-17(8-16(2)25-15)14-32-22-26-21(30)19(9-18-10-24-27(6)11-18)12-28(22)13-20(29)31-23(3,4)5/h7-8,10-12H,9,13-14H2,1-6H3. The fourth-order valence-corrected chi connectivity index (χ4v) is 4.21. The zero-order valence-corrected chi connectivity index (χ0v) is 20.2. The lowest BCUT2D eigenvalue weighted by Crippen LogP contribution is -2.28. The van der Waals surface area contributed by atoms with Crippen LogP contribution in [-0.2, 0) is 35.3 Å². The summed E-state index contributed by atoms with van der Waals surface area (Å²) in [6.07, 6.45) is 5.67. The lowest BCUT2D eigenvalue weighted by molar-refractivity contribution is -0.155. The summed E-state index contributed by atoms with van der Waals surface area (Å²) in [5, 5.41) is 4.63. The normalized spacial score (nSPS) is 11.6. The van der Waals surface area contributed by atoms with Gasteiger partial charge in [0.15, 0.2) is 5.16 Å². The van der Waals surface area contributed by atoms with Gasteiger partial charge in [0.2, 0.25) is 0 Å². The molecule has 0 saturated carbocycles. The molecule has 0 fully saturated rings. The summed E-state index contributed by atoms with van der Waals surface area (Å²) < 4.78 is 8.87. The molecule has 0 atom stereocenters. The minimum Gasteiger partial charge on any atom is -0.459 e. The fraction of sp³-hybridized carbons (Fsp3) is 0.435. The van der Waals surface area contributed by atoms with E-state index in [0.29, 0.717) is 22.9 Å². The van der Waals surface area contributed by atoms with E-state index >= 15 is 0 Å². The maximum Gasteiger partial charge on any atom is 0.326 e. The van der Waals surface area contributed by atoms with Gasteiger partial charge >= 0.3 is 5.97 Å². The average molecular weight is 456 g/mol. The summed E-state index contributed by atoms with van der Waals surface area (Å²) >= 11 is 1.41. The first-order chi connectivity index (χ1) is 15.0. The van der Waals surface area contributed by atoms with Crippen LogP contribution in [0, 0.1) is 13.8 Å². The van der Waals surface area contributed by atoms with Crippen LogP contribution in [0.25, 0.3) is 0 Å². The minimum atomic E-state index is -0.596. The first-order valence-electron chi connectivity index (χ1n) is 10.4. The molecule has 3 aromatic rings. The molecule has 0 N–H and O–H groups in total. The number of carbonyl (C=O) groups is 1. The van der Waals surface area contributed by atoms with Gasteiger partial charge in [-0.15, -0.1) is 0 Å². The van der Waals surface area contributed by atoms with Crippen molar-refractivity contribution in [3.8, 4) is 0 Å². The van der Waals surface area contributed by atoms with E-state index in [1.807, 2.05) is 60.0 Å². The van der Waals surface area contributed by atoms with E-state index in [0.717, 1.165) is 22.5 Å². The van der Waals surface area contributed by atoms with Gasteiger partial charge in [-0.2, -0.15) is 10.1 Å². The second kappa shape index (κ2) is 9.68. The van der Waals surface area contributed by atoms with E-state index in [2.05, 4.69) is 15.1 Å². The van der Waals surface area contributed by atoms with Crippen molar-refractivity contribution in [1.29, 1.82) is 0 Å². The molecular weight excluding hydrogens is 426 g/mol. The van der Waals surface area contributed by atoms with Crippen LogP contribution in [0.5, 0.6) is 0 Å². The summed E-state index contributed by atoms with van der Waals surface area (Å²) in [6.45, 7) is 9.35. The number of esters is 1. The molecule has 3 heterocycles. The Morgan fingerprint density at radius 2 is 1.78 bits per heavy atom. The van der Waals surface area contributed by atoms with Crippen LogP contribution in [0.15, 0.2) is 40.7 Å². The summed E-state index contributed by atoms with van der Waals surface area (Å²) in [4.78, 5) is 34.0. The zero-order chi connectivity index (χ0) is 23.5. The molecule has 3 aromatic heterocycles. The number of nitrogens with zero attached hydrogens (tertiary/aromatic N) is 5. The largest absolute Gasteiger partial charge is 0.459 e. The molecule has 9 heteroatoms. The first-order valence-corrected chi connectivity index (χ1v) is 11.3. The van der Waals surface area contributed by atoms with Crippen molar-refractivity contribution in [2.24, 2.45) is 7.05 Å². The van der Waals surface area contributed by atoms with Crippen LogP contribution < -0.4 is 5.56 Å². The van der Waals surface area contributed by atoms with Crippen molar-refractivity contribution >= 4 is 17.7 Å². The summed E-state index contributed by atoms with van der Waals surface area (Å²) in [7, 11) is 1.82. The molecule has 0 saturated heterocycles. The van der Waals surface area contributed by atoms with Crippen LogP contribution in [0.3, 0.4) is 0 Å². The third-order valence-corrected chi connectivity index (χ3v) is 5.47.